The summed E-state index contributed by atoms with van der Waals surface area (Å²) in [7, 11) is -3.61. The molecular weight excluding hydrogens is 366 g/mol. The molecule has 2 aliphatic heterocycles. The molecule has 0 unspecified atom stereocenters. The van der Waals surface area contributed by atoms with Crippen molar-refractivity contribution in [1.29, 1.82) is 0 Å². The minimum Gasteiger partial charge on any atom is -0.339 e. The van der Waals surface area contributed by atoms with Gasteiger partial charge in [0.05, 0.1) is 11.4 Å². The van der Waals surface area contributed by atoms with Gasteiger partial charge in [-0.25, -0.2) is 8.42 Å². The number of amides is 1. The Kier molecular flexibility index (Phi) is 6.29. The predicted molar refractivity (Wildman–Crippen MR) is 102 cm³/mol. The van der Waals surface area contributed by atoms with E-state index in [-0.39, 0.29) is 16.6 Å². The van der Waals surface area contributed by atoms with Crippen molar-refractivity contribution in [3.63, 3.8) is 0 Å². The molecule has 2 fully saturated rings. The van der Waals surface area contributed by atoms with Gasteiger partial charge >= 0.3 is 0 Å². The number of nitrogens with zero attached hydrogens (tertiary/aromatic N) is 3. The summed E-state index contributed by atoms with van der Waals surface area (Å²) in [5, 5.41) is 0. The van der Waals surface area contributed by atoms with Gasteiger partial charge in [-0.05, 0) is 45.0 Å². The Morgan fingerprint density at radius 3 is 2.04 bits per heavy atom. The van der Waals surface area contributed by atoms with Crippen molar-refractivity contribution in [3.8, 4) is 0 Å². The lowest BCUT2D eigenvalue weighted by Gasteiger charge is -2.35. The summed E-state index contributed by atoms with van der Waals surface area (Å²) in [6.45, 7) is 5.23. The lowest BCUT2D eigenvalue weighted by atomic mass is 10.1. The lowest BCUT2D eigenvalue weighted by molar-refractivity contribution is -0.133. The van der Waals surface area contributed by atoms with Crippen molar-refractivity contribution in [1.82, 2.24) is 14.1 Å². The third kappa shape index (κ3) is 4.75. The van der Waals surface area contributed by atoms with E-state index >= 15 is 0 Å². The number of benzene rings is 1. The Morgan fingerprint density at radius 2 is 1.48 bits per heavy atom. The number of carbonyl (C=O) groups is 2. The maximum atomic E-state index is 12.8. The third-order valence-electron chi connectivity index (χ3n) is 5.30. The van der Waals surface area contributed by atoms with Crippen LogP contribution in [-0.2, 0) is 14.8 Å². The molecule has 1 aromatic carbocycles. The van der Waals surface area contributed by atoms with Crippen LogP contribution in [0.5, 0.6) is 0 Å². The van der Waals surface area contributed by atoms with E-state index in [1.165, 1.54) is 41.9 Å². The molecule has 148 valence electrons. The molecule has 0 bridgehead atoms. The van der Waals surface area contributed by atoms with Crippen molar-refractivity contribution < 1.29 is 18.0 Å². The fourth-order valence-corrected chi connectivity index (χ4v) is 5.02. The summed E-state index contributed by atoms with van der Waals surface area (Å²) in [6.07, 6.45) is 3.51. The molecule has 0 aliphatic carbocycles. The van der Waals surface area contributed by atoms with E-state index < -0.39 is 10.0 Å². The number of hydrogen-bond donors (Lipinski definition) is 0. The average molecular weight is 394 g/mol. The summed E-state index contributed by atoms with van der Waals surface area (Å²) < 4.78 is 27.0. The van der Waals surface area contributed by atoms with Gasteiger partial charge in [-0.2, -0.15) is 4.31 Å². The first-order valence-corrected chi connectivity index (χ1v) is 10.9. The topological polar surface area (TPSA) is 78.0 Å². The summed E-state index contributed by atoms with van der Waals surface area (Å²) in [5.41, 5.74) is 0.488. The Hall–Kier alpha value is -1.77. The first-order chi connectivity index (χ1) is 12.9. The van der Waals surface area contributed by atoms with E-state index in [1.807, 2.05) is 0 Å². The molecule has 27 heavy (non-hydrogen) atoms. The molecule has 0 radical (unpaired) electrons. The molecule has 0 N–H and O–H groups in total. The van der Waals surface area contributed by atoms with Crippen LogP contribution in [0, 0.1) is 0 Å². The molecule has 2 saturated heterocycles. The number of likely N-dealkylation sites (tertiary alicyclic amines) is 1. The Bertz CT molecular complexity index is 778. The largest absolute Gasteiger partial charge is 0.339 e. The van der Waals surface area contributed by atoms with Crippen LogP contribution in [0.2, 0.25) is 0 Å². The van der Waals surface area contributed by atoms with Gasteiger partial charge in [-0.3, -0.25) is 14.5 Å². The lowest BCUT2D eigenvalue weighted by Crippen LogP contribution is -2.52. The van der Waals surface area contributed by atoms with Crippen molar-refractivity contribution in [2.75, 3.05) is 45.8 Å². The van der Waals surface area contributed by atoms with Gasteiger partial charge in [0.2, 0.25) is 15.9 Å². The summed E-state index contributed by atoms with van der Waals surface area (Å²) >= 11 is 0. The van der Waals surface area contributed by atoms with Crippen molar-refractivity contribution >= 4 is 21.7 Å². The maximum Gasteiger partial charge on any atom is 0.243 e. The fraction of sp³-hybridized carbons (Fsp3) is 0.579. The van der Waals surface area contributed by atoms with E-state index in [2.05, 4.69) is 4.90 Å². The number of piperidine rings is 1. The second kappa shape index (κ2) is 8.50. The molecule has 0 aromatic heterocycles. The second-order valence-corrected chi connectivity index (χ2v) is 9.14. The minimum absolute atomic E-state index is 0.0831. The number of hydrogen-bond acceptors (Lipinski definition) is 5. The number of rotatable bonds is 5. The van der Waals surface area contributed by atoms with Crippen LogP contribution in [0.3, 0.4) is 0 Å². The van der Waals surface area contributed by atoms with Crippen LogP contribution in [0.25, 0.3) is 0 Å². The molecule has 0 atom stereocenters. The van der Waals surface area contributed by atoms with Crippen LogP contribution in [0.15, 0.2) is 29.2 Å². The third-order valence-corrected chi connectivity index (χ3v) is 7.21. The highest BCUT2D eigenvalue weighted by molar-refractivity contribution is 7.89. The van der Waals surface area contributed by atoms with Gasteiger partial charge in [0, 0.05) is 31.7 Å². The maximum absolute atomic E-state index is 12.8. The molecule has 1 amide bonds. The standard InChI is InChI=1S/C19H27N3O4S/c1-16(23)17-5-7-18(8-6-17)27(25,26)22-13-11-21(12-14-22)19(24)15-20-9-3-2-4-10-20/h5-8H,2-4,9-15H2,1H3. The number of sulfonamides is 1. The first-order valence-electron chi connectivity index (χ1n) is 9.49. The van der Waals surface area contributed by atoms with Crippen molar-refractivity contribution in [2.24, 2.45) is 0 Å². The molecule has 1 aromatic rings. The molecule has 0 saturated carbocycles. The van der Waals surface area contributed by atoms with E-state index in [0.29, 0.717) is 38.3 Å². The highest BCUT2D eigenvalue weighted by Gasteiger charge is 2.30. The minimum atomic E-state index is -3.61. The Balaban J connectivity index is 1.57. The number of piperazine rings is 1. The molecule has 0 spiro atoms. The Morgan fingerprint density at radius 1 is 0.889 bits per heavy atom. The van der Waals surface area contributed by atoms with Gasteiger partial charge < -0.3 is 4.90 Å². The highest BCUT2D eigenvalue weighted by Crippen LogP contribution is 2.19. The van der Waals surface area contributed by atoms with Gasteiger partial charge in [0.25, 0.3) is 0 Å². The molecule has 2 heterocycles. The molecule has 7 nitrogen and oxygen atoms in total. The number of ketones is 1. The van der Waals surface area contributed by atoms with Crippen LogP contribution < -0.4 is 0 Å². The predicted octanol–water partition coefficient (Wildman–Crippen LogP) is 1.21. The smallest absolute Gasteiger partial charge is 0.243 e. The first kappa shape index (κ1) is 20.0. The highest BCUT2D eigenvalue weighted by atomic mass is 32.2. The van der Waals surface area contributed by atoms with Crippen LogP contribution >= 0.6 is 0 Å². The fourth-order valence-electron chi connectivity index (χ4n) is 3.60. The van der Waals surface area contributed by atoms with Crippen molar-refractivity contribution in [3.05, 3.63) is 29.8 Å². The van der Waals surface area contributed by atoms with E-state index in [1.54, 1.807) is 4.90 Å². The van der Waals surface area contributed by atoms with E-state index in [9.17, 15) is 18.0 Å². The normalized spacial score (nSPS) is 19.8. The van der Waals surface area contributed by atoms with Crippen LogP contribution in [0.1, 0.15) is 36.5 Å². The summed E-state index contributed by atoms with van der Waals surface area (Å²) in [4.78, 5) is 28.0. The molecule has 2 aliphatic rings. The SMILES string of the molecule is CC(=O)c1ccc(S(=O)(=O)N2CCN(C(=O)CN3CCCCC3)CC2)cc1. The van der Waals surface area contributed by atoms with Crippen molar-refractivity contribution in [2.45, 2.75) is 31.1 Å². The van der Waals surface area contributed by atoms with Gasteiger partial charge in [0.1, 0.15) is 0 Å². The zero-order valence-electron chi connectivity index (χ0n) is 15.8. The number of Topliss-reactive ketones (excluding diaryl/α,β-unsaturated/α-hetero) is 1. The zero-order chi connectivity index (χ0) is 19.4. The van der Waals surface area contributed by atoms with Gasteiger partial charge in [0.15, 0.2) is 5.78 Å². The van der Waals surface area contributed by atoms with Gasteiger partial charge in [-0.15, -0.1) is 0 Å². The zero-order valence-corrected chi connectivity index (χ0v) is 16.6. The Labute approximate surface area is 161 Å². The monoisotopic (exact) mass is 393 g/mol. The molecular formula is C19H27N3O4S. The van der Waals surface area contributed by atoms with Gasteiger partial charge in [-0.1, -0.05) is 18.6 Å². The molecule has 8 heteroatoms. The van der Waals surface area contributed by atoms with Crippen LogP contribution in [0.4, 0.5) is 0 Å². The van der Waals surface area contributed by atoms with Crippen LogP contribution in [-0.4, -0.2) is 80.0 Å². The molecule has 3 rings (SSSR count). The summed E-state index contributed by atoms with van der Waals surface area (Å²) in [5.74, 6) is -0.0143. The average Bonchev–Trinajstić information content (AvgIpc) is 2.69. The second-order valence-electron chi connectivity index (χ2n) is 7.20. The van der Waals surface area contributed by atoms with E-state index in [4.69, 9.17) is 0 Å². The van der Waals surface area contributed by atoms with E-state index in [0.717, 1.165) is 25.9 Å². The number of carbonyl (C=O) groups excluding carboxylic acids is 2. The summed E-state index contributed by atoms with van der Waals surface area (Å²) in [6, 6.07) is 6.02. The quantitative estimate of drug-likeness (QED) is 0.703.